The number of nitrogens with one attached hydrogen (secondary N) is 2. The Bertz CT molecular complexity index is 978. The third-order valence-corrected chi connectivity index (χ3v) is 5.20. The maximum Gasteiger partial charge on any atom is 0.270 e. The number of hydrogen-bond donors (Lipinski definition) is 3. The molecule has 0 saturated carbocycles. The second kappa shape index (κ2) is 7.81. The van der Waals surface area contributed by atoms with Crippen LogP contribution >= 0.6 is 15.9 Å². The quantitative estimate of drug-likeness (QED) is 0.462. The molecule has 0 aliphatic carbocycles. The van der Waals surface area contributed by atoms with Crippen LogP contribution in [0, 0.1) is 17.0 Å². The first-order valence-electron chi connectivity index (χ1n) is 7.19. The van der Waals surface area contributed by atoms with Crippen LogP contribution in [0.3, 0.4) is 0 Å². The lowest BCUT2D eigenvalue weighted by molar-refractivity contribution is -0.385. The minimum atomic E-state index is -4.21. The number of carbonyl (C=O) groups is 1. The smallest absolute Gasteiger partial charge is 0.270 e. The van der Waals surface area contributed by atoms with E-state index in [1.54, 1.807) is 18.2 Å². The van der Waals surface area contributed by atoms with Gasteiger partial charge in [-0.3, -0.25) is 14.9 Å². The number of halogens is 1. The van der Waals surface area contributed by atoms with E-state index in [0.717, 1.165) is 22.2 Å². The zero-order chi connectivity index (χ0) is 19.5. The molecule has 2 aromatic rings. The second-order valence-corrected chi connectivity index (χ2v) is 7.73. The number of nitrogens with zero attached hydrogens (tertiary/aromatic N) is 1. The van der Waals surface area contributed by atoms with E-state index in [9.17, 15) is 23.3 Å². The van der Waals surface area contributed by atoms with Gasteiger partial charge in [0.2, 0.25) is 15.9 Å². The fourth-order valence-corrected chi connectivity index (χ4v) is 3.09. The molecule has 2 aromatic carbocycles. The average molecular weight is 443 g/mol. The SMILES string of the molecule is Cc1cc(NC(=O)CNc2ccc([N+](=O)[O-])cc2S(N)(=O)=O)ccc1Br. The Labute approximate surface area is 157 Å². The largest absolute Gasteiger partial charge is 0.375 e. The first-order chi connectivity index (χ1) is 12.1. The van der Waals surface area contributed by atoms with Crippen LogP contribution in [0.25, 0.3) is 0 Å². The molecule has 0 bridgehead atoms. The zero-order valence-electron chi connectivity index (χ0n) is 13.5. The van der Waals surface area contributed by atoms with Gasteiger partial charge in [0.05, 0.1) is 17.2 Å². The molecule has 9 nitrogen and oxygen atoms in total. The number of anilines is 2. The summed E-state index contributed by atoms with van der Waals surface area (Å²) in [6.45, 7) is 1.61. The van der Waals surface area contributed by atoms with E-state index in [1.165, 1.54) is 6.07 Å². The van der Waals surface area contributed by atoms with Gasteiger partial charge in [0.15, 0.2) is 0 Å². The first-order valence-corrected chi connectivity index (χ1v) is 9.53. The molecule has 4 N–H and O–H groups in total. The predicted molar refractivity (Wildman–Crippen MR) is 100 cm³/mol. The highest BCUT2D eigenvalue weighted by Gasteiger charge is 2.19. The van der Waals surface area contributed by atoms with Crippen LogP contribution in [0.15, 0.2) is 45.8 Å². The number of carbonyl (C=O) groups excluding carboxylic acids is 1. The highest BCUT2D eigenvalue weighted by molar-refractivity contribution is 9.10. The van der Waals surface area contributed by atoms with E-state index in [-0.39, 0.29) is 12.2 Å². The van der Waals surface area contributed by atoms with E-state index in [2.05, 4.69) is 26.6 Å². The van der Waals surface area contributed by atoms with Crippen molar-refractivity contribution in [1.29, 1.82) is 0 Å². The van der Waals surface area contributed by atoms with E-state index in [4.69, 9.17) is 5.14 Å². The number of benzene rings is 2. The lowest BCUT2D eigenvalue weighted by atomic mass is 10.2. The summed E-state index contributed by atoms with van der Waals surface area (Å²) in [5.41, 5.74) is 1.09. The molecule has 2 rings (SSSR count). The van der Waals surface area contributed by atoms with Crippen LogP contribution in [0.2, 0.25) is 0 Å². The second-order valence-electron chi connectivity index (χ2n) is 5.35. The molecule has 0 fully saturated rings. The first kappa shape index (κ1) is 19.8. The van der Waals surface area contributed by atoms with Gasteiger partial charge >= 0.3 is 0 Å². The lowest BCUT2D eigenvalue weighted by Gasteiger charge is -2.11. The normalized spacial score (nSPS) is 11.0. The molecule has 11 heteroatoms. The van der Waals surface area contributed by atoms with Gasteiger partial charge in [0.25, 0.3) is 5.69 Å². The molecule has 0 radical (unpaired) electrons. The van der Waals surface area contributed by atoms with Gasteiger partial charge in [-0.2, -0.15) is 0 Å². The number of primary sulfonamides is 1. The van der Waals surface area contributed by atoms with Crippen LogP contribution < -0.4 is 15.8 Å². The molecule has 138 valence electrons. The third kappa shape index (κ3) is 5.00. The summed E-state index contributed by atoms with van der Waals surface area (Å²) in [6, 6.07) is 8.41. The van der Waals surface area contributed by atoms with E-state index in [1.807, 2.05) is 6.92 Å². The van der Waals surface area contributed by atoms with Gasteiger partial charge in [-0.1, -0.05) is 15.9 Å². The molecule has 26 heavy (non-hydrogen) atoms. The van der Waals surface area contributed by atoms with Crippen molar-refractivity contribution in [1.82, 2.24) is 0 Å². The van der Waals surface area contributed by atoms with Crippen molar-refractivity contribution < 1.29 is 18.1 Å². The Kier molecular flexibility index (Phi) is 5.95. The van der Waals surface area contributed by atoms with Crippen molar-refractivity contribution in [3.63, 3.8) is 0 Å². The highest BCUT2D eigenvalue weighted by Crippen LogP contribution is 2.25. The van der Waals surface area contributed by atoms with Crippen molar-refractivity contribution in [3.8, 4) is 0 Å². The molecule has 0 spiro atoms. The molecule has 0 aliphatic rings. The summed E-state index contributed by atoms with van der Waals surface area (Å²) >= 11 is 3.36. The summed E-state index contributed by atoms with van der Waals surface area (Å²) in [5, 5.41) is 21.2. The van der Waals surface area contributed by atoms with Crippen LogP contribution in [-0.2, 0) is 14.8 Å². The fourth-order valence-electron chi connectivity index (χ4n) is 2.11. The maximum atomic E-state index is 12.0. The minimum Gasteiger partial charge on any atom is -0.375 e. The van der Waals surface area contributed by atoms with Crippen molar-refractivity contribution in [3.05, 3.63) is 56.5 Å². The molecule has 1 amide bonds. The predicted octanol–water partition coefficient (Wildman–Crippen LogP) is 2.36. The van der Waals surface area contributed by atoms with Crippen molar-refractivity contribution in [2.45, 2.75) is 11.8 Å². The van der Waals surface area contributed by atoms with Crippen molar-refractivity contribution >= 4 is 48.9 Å². The molecule has 0 atom stereocenters. The van der Waals surface area contributed by atoms with Gasteiger partial charge in [-0.25, -0.2) is 13.6 Å². The Hall–Kier alpha value is -2.50. The summed E-state index contributed by atoms with van der Waals surface area (Å²) in [6.07, 6.45) is 0. The number of aryl methyl sites for hydroxylation is 1. The minimum absolute atomic E-state index is 0.000219. The van der Waals surface area contributed by atoms with E-state index < -0.39 is 31.4 Å². The summed E-state index contributed by atoms with van der Waals surface area (Å²) in [4.78, 5) is 21.6. The number of non-ortho nitro benzene ring substituents is 1. The summed E-state index contributed by atoms with van der Waals surface area (Å²) in [5.74, 6) is -0.426. The maximum absolute atomic E-state index is 12.0. The van der Waals surface area contributed by atoms with Gasteiger partial charge in [-0.05, 0) is 36.8 Å². The summed E-state index contributed by atoms with van der Waals surface area (Å²) < 4.78 is 24.2. The Morgan fingerprint density at radius 2 is 1.96 bits per heavy atom. The Balaban J connectivity index is 2.14. The number of nitrogens with two attached hydrogens (primary N) is 1. The van der Waals surface area contributed by atoms with Crippen molar-refractivity contribution in [2.75, 3.05) is 17.2 Å². The summed E-state index contributed by atoms with van der Waals surface area (Å²) in [7, 11) is -4.21. The third-order valence-electron chi connectivity index (χ3n) is 3.36. The van der Waals surface area contributed by atoms with Gasteiger partial charge in [0, 0.05) is 22.3 Å². The molecule has 0 saturated heterocycles. The standard InChI is InChI=1S/C15H15BrN4O5S/c1-9-6-10(2-4-12(9)16)19-15(21)8-18-13-5-3-11(20(22)23)7-14(13)26(17,24)25/h2-7,18H,8H2,1H3,(H,19,21)(H2,17,24,25). The van der Waals surface area contributed by atoms with Crippen LogP contribution in [-0.4, -0.2) is 25.8 Å². The van der Waals surface area contributed by atoms with Crippen molar-refractivity contribution in [2.24, 2.45) is 5.14 Å². The van der Waals surface area contributed by atoms with Crippen LogP contribution in [0.5, 0.6) is 0 Å². The number of amides is 1. The fraction of sp³-hybridized carbons (Fsp3) is 0.133. The number of sulfonamides is 1. The van der Waals surface area contributed by atoms with Gasteiger partial charge in [-0.15, -0.1) is 0 Å². The number of rotatable bonds is 6. The van der Waals surface area contributed by atoms with E-state index in [0.29, 0.717) is 5.69 Å². The lowest BCUT2D eigenvalue weighted by Crippen LogP contribution is -2.23. The van der Waals surface area contributed by atoms with Gasteiger partial charge in [0.1, 0.15) is 4.90 Å². The molecule has 0 aliphatic heterocycles. The average Bonchev–Trinajstić information content (AvgIpc) is 2.55. The van der Waals surface area contributed by atoms with Gasteiger partial charge < -0.3 is 10.6 Å². The topological polar surface area (TPSA) is 144 Å². The molecular weight excluding hydrogens is 428 g/mol. The molecule has 0 unspecified atom stereocenters. The van der Waals surface area contributed by atoms with E-state index >= 15 is 0 Å². The molecule has 0 aromatic heterocycles. The number of nitro groups is 1. The molecule has 0 heterocycles. The Morgan fingerprint density at radius 3 is 2.54 bits per heavy atom. The monoisotopic (exact) mass is 442 g/mol. The zero-order valence-corrected chi connectivity index (χ0v) is 15.9. The Morgan fingerprint density at radius 1 is 1.27 bits per heavy atom. The van der Waals surface area contributed by atoms with Crippen LogP contribution in [0.1, 0.15) is 5.56 Å². The highest BCUT2D eigenvalue weighted by atomic mass is 79.9. The number of hydrogen-bond acceptors (Lipinski definition) is 6. The number of nitro benzene ring substituents is 1. The molecular formula is C15H15BrN4O5S. The van der Waals surface area contributed by atoms with Crippen LogP contribution in [0.4, 0.5) is 17.1 Å².